The number of hydrogen-bond acceptors (Lipinski definition) is 3. The molecule has 1 aliphatic carbocycles. The second kappa shape index (κ2) is 2.81. The Labute approximate surface area is 66.5 Å². The van der Waals surface area contributed by atoms with Crippen molar-refractivity contribution in [3.05, 3.63) is 0 Å². The third kappa shape index (κ3) is 1.25. The number of fused-ring (bicyclic) bond motifs is 1. The predicted molar refractivity (Wildman–Crippen MR) is 43.7 cm³/mol. The van der Waals surface area contributed by atoms with Crippen LogP contribution in [0.15, 0.2) is 4.99 Å². The van der Waals surface area contributed by atoms with Crippen LogP contribution in [0.4, 0.5) is 0 Å². The van der Waals surface area contributed by atoms with E-state index in [-0.39, 0.29) is 6.61 Å². The maximum atomic E-state index is 8.82. The number of nitrogens with zero attached hydrogens (tertiary/aromatic N) is 1. The van der Waals surface area contributed by atoms with E-state index in [1.165, 1.54) is 25.7 Å². The fourth-order valence-corrected chi connectivity index (χ4v) is 1.97. The van der Waals surface area contributed by atoms with E-state index in [1.807, 2.05) is 0 Å². The van der Waals surface area contributed by atoms with Crippen molar-refractivity contribution in [3.63, 3.8) is 0 Å². The number of aliphatic hydroxyl groups is 1. The number of aliphatic hydroxyl groups excluding tert-OH is 1. The molecule has 3 nitrogen and oxygen atoms in total. The average Bonchev–Trinajstić information content (AvgIpc) is 2.46. The summed E-state index contributed by atoms with van der Waals surface area (Å²) in [7, 11) is 0. The Balaban J connectivity index is 2.02. The van der Waals surface area contributed by atoms with Gasteiger partial charge >= 0.3 is 0 Å². The minimum Gasteiger partial charge on any atom is -0.388 e. The van der Waals surface area contributed by atoms with E-state index in [4.69, 9.17) is 5.11 Å². The predicted octanol–water partition coefficient (Wildman–Crippen LogP) is 0.292. The lowest BCUT2D eigenvalue weighted by Gasteiger charge is -2.23. The van der Waals surface area contributed by atoms with Gasteiger partial charge in [-0.2, -0.15) is 0 Å². The van der Waals surface area contributed by atoms with Gasteiger partial charge in [0.25, 0.3) is 0 Å². The molecule has 0 bridgehead atoms. The van der Waals surface area contributed by atoms with Crippen LogP contribution >= 0.6 is 0 Å². The average molecular weight is 154 g/mol. The zero-order valence-electron chi connectivity index (χ0n) is 6.58. The van der Waals surface area contributed by atoms with Crippen LogP contribution < -0.4 is 5.32 Å². The van der Waals surface area contributed by atoms with Crippen LogP contribution in [0.1, 0.15) is 25.7 Å². The van der Waals surface area contributed by atoms with Crippen molar-refractivity contribution < 1.29 is 5.11 Å². The summed E-state index contributed by atoms with van der Waals surface area (Å²) in [6.45, 7) is 0.0764. The molecule has 1 saturated carbocycles. The molecule has 62 valence electrons. The lowest BCUT2D eigenvalue weighted by molar-refractivity contribution is 0.350. The van der Waals surface area contributed by atoms with Crippen molar-refractivity contribution in [2.45, 2.75) is 37.8 Å². The van der Waals surface area contributed by atoms with Crippen molar-refractivity contribution in [2.24, 2.45) is 4.99 Å². The van der Waals surface area contributed by atoms with Gasteiger partial charge in [-0.3, -0.25) is 4.99 Å². The van der Waals surface area contributed by atoms with Crippen molar-refractivity contribution in [2.75, 3.05) is 6.61 Å². The molecule has 0 radical (unpaired) electrons. The van der Waals surface area contributed by atoms with Crippen molar-refractivity contribution >= 4 is 5.84 Å². The molecule has 2 aliphatic rings. The van der Waals surface area contributed by atoms with E-state index >= 15 is 0 Å². The first-order valence-electron chi connectivity index (χ1n) is 4.34. The molecule has 11 heavy (non-hydrogen) atoms. The second-order valence-corrected chi connectivity index (χ2v) is 3.34. The van der Waals surface area contributed by atoms with Crippen LogP contribution in [0.2, 0.25) is 0 Å². The first-order valence-corrected chi connectivity index (χ1v) is 4.34. The molecule has 1 aliphatic heterocycles. The van der Waals surface area contributed by atoms with Crippen LogP contribution in [0.25, 0.3) is 0 Å². The summed E-state index contributed by atoms with van der Waals surface area (Å²) in [6.07, 6.45) is 5.02. The van der Waals surface area contributed by atoms with Crippen LogP contribution in [-0.2, 0) is 0 Å². The quantitative estimate of drug-likeness (QED) is 0.570. The van der Waals surface area contributed by atoms with Gasteiger partial charge < -0.3 is 10.4 Å². The summed E-state index contributed by atoms with van der Waals surface area (Å²) in [5.41, 5.74) is 0. The lowest BCUT2D eigenvalue weighted by Crippen LogP contribution is -2.37. The Hall–Kier alpha value is -0.570. The Morgan fingerprint density at radius 3 is 3.00 bits per heavy atom. The van der Waals surface area contributed by atoms with Crippen molar-refractivity contribution in [1.82, 2.24) is 5.32 Å². The van der Waals surface area contributed by atoms with Crippen LogP contribution in [0, 0.1) is 0 Å². The molecule has 2 rings (SSSR count). The molecule has 0 saturated heterocycles. The lowest BCUT2D eigenvalue weighted by atomic mass is 9.92. The third-order valence-corrected chi connectivity index (χ3v) is 2.55. The van der Waals surface area contributed by atoms with Crippen LogP contribution in [0.5, 0.6) is 0 Å². The normalized spacial score (nSPS) is 35.9. The molecule has 0 spiro atoms. The molecule has 0 amide bonds. The summed E-state index contributed by atoms with van der Waals surface area (Å²) in [5, 5.41) is 12.1. The SMILES string of the molecule is OCC1=NC2CCCCC2N1. The molecule has 2 N–H and O–H groups in total. The smallest absolute Gasteiger partial charge is 0.123 e. The zero-order valence-corrected chi connectivity index (χ0v) is 6.58. The van der Waals surface area contributed by atoms with Gasteiger partial charge in [-0.15, -0.1) is 0 Å². The Kier molecular flexibility index (Phi) is 1.82. The topological polar surface area (TPSA) is 44.6 Å². The minimum absolute atomic E-state index is 0.0764. The first-order chi connectivity index (χ1) is 5.40. The molecular formula is C8H14N2O. The number of rotatable bonds is 1. The van der Waals surface area contributed by atoms with E-state index in [1.54, 1.807) is 0 Å². The van der Waals surface area contributed by atoms with Gasteiger partial charge in [0.1, 0.15) is 12.4 Å². The second-order valence-electron chi connectivity index (χ2n) is 3.34. The van der Waals surface area contributed by atoms with E-state index in [9.17, 15) is 0 Å². The van der Waals surface area contributed by atoms with Gasteiger partial charge in [0, 0.05) is 6.04 Å². The van der Waals surface area contributed by atoms with Crippen molar-refractivity contribution in [1.29, 1.82) is 0 Å². The van der Waals surface area contributed by atoms with Gasteiger partial charge in [0.15, 0.2) is 0 Å². The van der Waals surface area contributed by atoms with E-state index in [0.29, 0.717) is 12.1 Å². The largest absolute Gasteiger partial charge is 0.388 e. The Bertz CT molecular complexity index is 179. The molecule has 0 aromatic carbocycles. The maximum absolute atomic E-state index is 8.82. The highest BCUT2D eigenvalue weighted by atomic mass is 16.3. The summed E-state index contributed by atoms with van der Waals surface area (Å²) >= 11 is 0. The fraction of sp³-hybridized carbons (Fsp3) is 0.875. The summed E-state index contributed by atoms with van der Waals surface area (Å²) < 4.78 is 0. The molecule has 1 fully saturated rings. The highest BCUT2D eigenvalue weighted by molar-refractivity contribution is 5.85. The number of aliphatic imine (C=N–C) groups is 1. The fourth-order valence-electron chi connectivity index (χ4n) is 1.97. The van der Waals surface area contributed by atoms with Gasteiger partial charge in [0.05, 0.1) is 6.04 Å². The van der Waals surface area contributed by atoms with Gasteiger partial charge in [-0.25, -0.2) is 0 Å². The molecular weight excluding hydrogens is 140 g/mol. The summed E-state index contributed by atoms with van der Waals surface area (Å²) in [4.78, 5) is 4.38. The number of amidine groups is 1. The Morgan fingerprint density at radius 1 is 1.45 bits per heavy atom. The van der Waals surface area contributed by atoms with E-state index in [0.717, 1.165) is 5.84 Å². The van der Waals surface area contributed by atoms with Gasteiger partial charge in [0.2, 0.25) is 0 Å². The molecule has 3 heteroatoms. The van der Waals surface area contributed by atoms with E-state index < -0.39 is 0 Å². The first kappa shape index (κ1) is 7.10. The van der Waals surface area contributed by atoms with Gasteiger partial charge in [-0.05, 0) is 12.8 Å². The van der Waals surface area contributed by atoms with Crippen molar-refractivity contribution in [3.8, 4) is 0 Å². The van der Waals surface area contributed by atoms with Crippen LogP contribution in [-0.4, -0.2) is 29.6 Å². The molecule has 2 atom stereocenters. The standard InChI is InChI=1S/C8H14N2O/c11-5-8-9-6-3-1-2-4-7(6)10-8/h6-7,11H,1-5H2,(H,9,10). The molecule has 2 unspecified atom stereocenters. The monoisotopic (exact) mass is 154 g/mol. The third-order valence-electron chi connectivity index (χ3n) is 2.55. The maximum Gasteiger partial charge on any atom is 0.123 e. The highest BCUT2D eigenvalue weighted by Gasteiger charge is 2.29. The van der Waals surface area contributed by atoms with Crippen LogP contribution in [0.3, 0.4) is 0 Å². The minimum atomic E-state index is 0.0764. The Morgan fingerprint density at radius 2 is 2.27 bits per heavy atom. The zero-order chi connectivity index (χ0) is 7.68. The number of hydrogen-bond donors (Lipinski definition) is 2. The molecule has 0 aromatic rings. The highest BCUT2D eigenvalue weighted by Crippen LogP contribution is 2.24. The molecule has 1 heterocycles. The molecule has 0 aromatic heterocycles. The summed E-state index contributed by atoms with van der Waals surface area (Å²) in [6, 6.07) is 0.997. The van der Waals surface area contributed by atoms with Gasteiger partial charge in [-0.1, -0.05) is 12.8 Å². The summed E-state index contributed by atoms with van der Waals surface area (Å²) in [5.74, 6) is 0.793. The number of nitrogens with one attached hydrogen (secondary N) is 1. The van der Waals surface area contributed by atoms with E-state index in [2.05, 4.69) is 10.3 Å².